The number of aryl methyl sites for hydroxylation is 3. The van der Waals surface area contributed by atoms with Gasteiger partial charge < -0.3 is 45.6 Å². The number of phenolic OH excluding ortho intramolecular Hbond substituents is 1. The van der Waals surface area contributed by atoms with Crippen molar-refractivity contribution < 1.29 is 14.6 Å². The molecule has 0 amide bonds. The molecule has 18 nitrogen and oxygen atoms in total. The van der Waals surface area contributed by atoms with Gasteiger partial charge in [0.15, 0.2) is 0 Å². The summed E-state index contributed by atoms with van der Waals surface area (Å²) in [4.78, 5) is 19.7. The average Bonchev–Trinajstić information content (AvgIpc) is 1.44. The monoisotopic (exact) mass is 1360 g/mol. The molecule has 0 fully saturated rings. The van der Waals surface area contributed by atoms with Gasteiger partial charge in [-0.1, -0.05) is 68.9 Å². The fraction of sp³-hybridized carbons (Fsp3) is 0.162. The Kier molecular flexibility index (Phi) is 22.6. The summed E-state index contributed by atoms with van der Waals surface area (Å²) >= 11 is 22.4. The quantitative estimate of drug-likeness (QED) is 0.0895. The van der Waals surface area contributed by atoms with E-state index in [1.807, 2.05) is 206 Å². The molecule has 12 rings (SSSR count). The highest BCUT2D eigenvalue weighted by atomic mass is 79.9. The summed E-state index contributed by atoms with van der Waals surface area (Å²) in [6.45, 7) is 5.92. The van der Waals surface area contributed by atoms with Gasteiger partial charge in [-0.2, -0.15) is 0 Å². The second-order valence-corrected chi connectivity index (χ2v) is 23.4. The lowest BCUT2D eigenvalue weighted by Gasteiger charge is -2.14. The SMILES string of the molecule is CN(C)c1cccc(Br)c1.COc1ccc(Cl)c(-c2cc(C)c3nc(N)nnc3c2)c1.COc1ccc(Cl)c(-c2cc(C)c3nc(Nc4cccc(N(C)C)c4)nnc3c2)c1.Cc1cc(-c2cc(O)ccc2Cl)cc2nnc(Nc3cccc(N(C)C)c3)nc12.Cl. The third kappa shape index (κ3) is 17.1. The van der Waals surface area contributed by atoms with Crippen LogP contribution in [0.25, 0.3) is 66.5 Å². The van der Waals surface area contributed by atoms with Gasteiger partial charge in [-0.15, -0.1) is 43.0 Å². The summed E-state index contributed by atoms with van der Waals surface area (Å²) in [6, 6.07) is 51.9. The Balaban J connectivity index is 0.000000164. The Morgan fingerprint density at radius 2 is 0.813 bits per heavy atom. The van der Waals surface area contributed by atoms with E-state index in [1.54, 1.807) is 32.4 Å². The van der Waals surface area contributed by atoms with Crippen LogP contribution in [0.1, 0.15) is 16.7 Å². The largest absolute Gasteiger partial charge is 0.508 e. The highest BCUT2D eigenvalue weighted by Gasteiger charge is 2.15. The fourth-order valence-electron chi connectivity index (χ4n) is 9.40. The number of benzene rings is 9. The first-order valence-electron chi connectivity index (χ1n) is 28.0. The molecule has 12 aromatic rings. The minimum absolute atomic E-state index is 0. The van der Waals surface area contributed by atoms with Crippen LogP contribution in [0.2, 0.25) is 15.1 Å². The van der Waals surface area contributed by atoms with Crippen molar-refractivity contribution in [2.24, 2.45) is 0 Å². The van der Waals surface area contributed by atoms with Crippen molar-refractivity contribution in [3.63, 3.8) is 0 Å². The maximum atomic E-state index is 9.80. The molecule has 0 bridgehead atoms. The van der Waals surface area contributed by atoms with Crippen molar-refractivity contribution in [1.29, 1.82) is 0 Å². The number of nitrogen functional groups attached to an aromatic ring is 1. The predicted octanol–water partition coefficient (Wildman–Crippen LogP) is 16.8. The van der Waals surface area contributed by atoms with Crippen molar-refractivity contribution in [2.45, 2.75) is 20.8 Å². The fourth-order valence-corrected chi connectivity index (χ4v) is 10.5. The smallest absolute Gasteiger partial charge is 0.247 e. The topological polar surface area (TPSA) is 214 Å². The number of hydrogen-bond donors (Lipinski definition) is 4. The van der Waals surface area contributed by atoms with Crippen LogP contribution in [-0.2, 0) is 0 Å². The van der Waals surface area contributed by atoms with Crippen molar-refractivity contribution in [1.82, 2.24) is 45.5 Å². The van der Waals surface area contributed by atoms with E-state index >= 15 is 0 Å². The molecule has 0 aliphatic rings. The number of nitrogens with two attached hydrogens (primary N) is 1. The molecule has 0 radical (unpaired) electrons. The van der Waals surface area contributed by atoms with Crippen molar-refractivity contribution >= 4 is 143 Å². The molecule has 0 unspecified atom stereocenters. The van der Waals surface area contributed by atoms with Crippen LogP contribution < -0.4 is 40.5 Å². The number of halogens is 5. The van der Waals surface area contributed by atoms with Crippen LogP contribution in [0.15, 0.2) is 168 Å². The summed E-state index contributed by atoms with van der Waals surface area (Å²) in [5, 5.41) is 43.2. The maximum absolute atomic E-state index is 9.80. The highest BCUT2D eigenvalue weighted by Crippen LogP contribution is 2.37. The number of phenols is 1. The number of anilines is 8. The van der Waals surface area contributed by atoms with Crippen LogP contribution in [0.3, 0.4) is 0 Å². The molecular weight excluding hydrogens is 1300 g/mol. The Hall–Kier alpha value is -9.37. The molecule has 9 aromatic carbocycles. The van der Waals surface area contributed by atoms with Gasteiger partial charge in [0.25, 0.3) is 0 Å². The third-order valence-corrected chi connectivity index (χ3v) is 15.5. The minimum Gasteiger partial charge on any atom is -0.508 e. The first-order valence-corrected chi connectivity index (χ1v) is 29.9. The van der Waals surface area contributed by atoms with E-state index in [0.29, 0.717) is 43.5 Å². The zero-order valence-electron chi connectivity index (χ0n) is 51.7. The summed E-state index contributed by atoms with van der Waals surface area (Å²) in [6.07, 6.45) is 0. The van der Waals surface area contributed by atoms with E-state index in [1.165, 1.54) is 5.69 Å². The molecule has 91 heavy (non-hydrogen) atoms. The minimum atomic E-state index is 0. The van der Waals surface area contributed by atoms with E-state index < -0.39 is 0 Å². The Bertz CT molecular complexity index is 4560. The highest BCUT2D eigenvalue weighted by molar-refractivity contribution is 9.10. The lowest BCUT2D eigenvalue weighted by atomic mass is 10.0. The zero-order valence-corrected chi connectivity index (χ0v) is 56.4. The lowest BCUT2D eigenvalue weighted by Crippen LogP contribution is -2.08. The molecule has 0 atom stereocenters. The Morgan fingerprint density at radius 1 is 0.440 bits per heavy atom. The summed E-state index contributed by atoms with van der Waals surface area (Å²) in [5.74, 6) is 2.70. The average molecular weight is 1360 g/mol. The van der Waals surface area contributed by atoms with Crippen molar-refractivity contribution in [2.75, 3.05) is 87.6 Å². The van der Waals surface area contributed by atoms with Gasteiger partial charge in [0, 0.05) is 107 Å². The molecular formula is C68H66BrCl4N15O3. The molecule has 23 heteroatoms. The third-order valence-electron chi connectivity index (χ3n) is 14.1. The molecule has 0 aliphatic carbocycles. The summed E-state index contributed by atoms with van der Waals surface area (Å²) < 4.78 is 11.7. The van der Waals surface area contributed by atoms with Crippen LogP contribution in [0.4, 0.5) is 46.3 Å². The van der Waals surface area contributed by atoms with Crippen LogP contribution >= 0.6 is 63.1 Å². The number of methoxy groups -OCH3 is 2. The first-order chi connectivity index (χ1) is 43.1. The van der Waals surface area contributed by atoms with Gasteiger partial charge in [0.1, 0.15) is 33.8 Å². The van der Waals surface area contributed by atoms with E-state index in [0.717, 1.165) is 105 Å². The molecule has 466 valence electrons. The van der Waals surface area contributed by atoms with Gasteiger partial charge in [0.05, 0.1) is 30.8 Å². The number of fused-ring (bicyclic) bond motifs is 3. The van der Waals surface area contributed by atoms with Crippen molar-refractivity contribution in [3.8, 4) is 50.6 Å². The van der Waals surface area contributed by atoms with Gasteiger partial charge in [-0.3, -0.25) is 0 Å². The van der Waals surface area contributed by atoms with Crippen molar-refractivity contribution in [3.05, 3.63) is 200 Å². The van der Waals surface area contributed by atoms with Crippen LogP contribution in [0, 0.1) is 20.8 Å². The lowest BCUT2D eigenvalue weighted by molar-refractivity contribution is 0.415. The molecule has 5 N–H and O–H groups in total. The molecule has 3 aromatic heterocycles. The van der Waals surface area contributed by atoms with Crippen LogP contribution in [-0.4, -0.2) is 107 Å². The molecule has 0 saturated carbocycles. The number of rotatable bonds is 12. The normalized spacial score (nSPS) is 10.6. The van der Waals surface area contributed by atoms with E-state index in [2.05, 4.69) is 89.1 Å². The van der Waals surface area contributed by atoms with E-state index in [-0.39, 0.29) is 24.1 Å². The second kappa shape index (κ2) is 30.4. The van der Waals surface area contributed by atoms with Gasteiger partial charge in [0.2, 0.25) is 17.8 Å². The number of aromatic hydroxyl groups is 1. The molecule has 0 saturated heterocycles. The summed E-state index contributed by atoms with van der Waals surface area (Å²) in [7, 11) is 15.3. The predicted molar refractivity (Wildman–Crippen MR) is 381 cm³/mol. The first kappa shape index (κ1) is 67.6. The summed E-state index contributed by atoms with van der Waals surface area (Å²) in [5.41, 5.74) is 23.2. The van der Waals surface area contributed by atoms with E-state index in [4.69, 9.17) is 50.0 Å². The number of ether oxygens (including phenoxy) is 2. The number of nitrogens with one attached hydrogen (secondary N) is 2. The standard InChI is InChI=1S/C23H22ClN5O.C22H20ClN5O.C15H13ClN4O.C8H10BrN.ClH/c1-14-10-15(19-13-18(30-4)8-9-20(19)24)11-21-22(14)26-23(28-27-21)25-16-6-5-7-17(12-16)29(2)3;1-13-9-14(18-12-17(29)7-8-19(18)23)10-20-21(13)25-22(27-26-20)24-15-5-4-6-16(11-15)28(2)3;1-8-5-9(6-13-14(8)18-15(17)20-19-13)11-7-10(21-2)3-4-12(11)16;1-10(2)8-5-3-4-7(9)6-8;/h5-13H,1-4H3,(H,25,26,28);4-12,29H,1-3H3,(H,24,25,27);3-7H,1-2H3,(H2,17,18,20);3-6H,1-2H3;1H. The van der Waals surface area contributed by atoms with Gasteiger partial charge >= 0.3 is 0 Å². The maximum Gasteiger partial charge on any atom is 0.247 e. The Morgan fingerprint density at radius 3 is 1.21 bits per heavy atom. The Labute approximate surface area is 558 Å². The number of nitrogens with zero attached hydrogens (tertiary/aromatic N) is 12. The zero-order chi connectivity index (χ0) is 64.3. The van der Waals surface area contributed by atoms with Gasteiger partial charge in [-0.05, 0) is 200 Å². The van der Waals surface area contributed by atoms with E-state index in [9.17, 15) is 5.11 Å². The molecule has 0 spiro atoms. The second-order valence-electron chi connectivity index (χ2n) is 21.3. The van der Waals surface area contributed by atoms with Crippen LogP contribution in [0.5, 0.6) is 17.2 Å². The molecule has 0 aliphatic heterocycles. The number of hydrogen-bond acceptors (Lipinski definition) is 18. The van der Waals surface area contributed by atoms with Gasteiger partial charge in [-0.25, -0.2) is 15.0 Å². The molecule has 3 heterocycles. The number of aromatic nitrogens is 9.